The minimum atomic E-state index is -0.701. The lowest BCUT2D eigenvalue weighted by atomic mass is 10.2. The Morgan fingerprint density at radius 3 is 2.55 bits per heavy atom. The molecule has 4 N–H and O–H groups in total. The number of aliphatic hydroxyl groups excluding tert-OH is 2. The van der Waals surface area contributed by atoms with Crippen molar-refractivity contribution in [2.75, 3.05) is 19.8 Å². The quantitative estimate of drug-likeness (QED) is 0.347. The highest BCUT2D eigenvalue weighted by Gasteiger charge is 1.94. The fourth-order valence-corrected chi connectivity index (χ4v) is 0.724. The number of unbranched alkanes of at least 4 members (excludes halogenated alkanes) is 1. The lowest BCUT2D eigenvalue weighted by Gasteiger charge is -2.03. The first-order valence-electron chi connectivity index (χ1n) is 3.89. The normalized spacial score (nSPS) is 13.4. The van der Waals surface area contributed by atoms with Gasteiger partial charge in [0.1, 0.15) is 6.23 Å². The molecule has 0 rings (SSSR count). The van der Waals surface area contributed by atoms with E-state index in [1.54, 1.807) is 0 Å². The minimum Gasteiger partial charge on any atom is -0.394 e. The van der Waals surface area contributed by atoms with Crippen molar-refractivity contribution in [2.24, 2.45) is 5.73 Å². The van der Waals surface area contributed by atoms with E-state index in [4.69, 9.17) is 20.7 Å². The fraction of sp³-hybridized carbons (Fsp3) is 1.00. The van der Waals surface area contributed by atoms with Crippen molar-refractivity contribution < 1.29 is 14.9 Å². The summed E-state index contributed by atoms with van der Waals surface area (Å²) in [6.45, 7) is 1.10. The Hall–Kier alpha value is -0.160. The molecule has 0 aromatic rings. The molecule has 4 nitrogen and oxygen atoms in total. The van der Waals surface area contributed by atoms with Crippen LogP contribution in [0.5, 0.6) is 0 Å². The monoisotopic (exact) mass is 163 g/mol. The van der Waals surface area contributed by atoms with Crippen molar-refractivity contribution in [3.8, 4) is 0 Å². The van der Waals surface area contributed by atoms with Gasteiger partial charge in [-0.25, -0.2) is 0 Å². The molecule has 0 amide bonds. The van der Waals surface area contributed by atoms with E-state index < -0.39 is 6.23 Å². The Morgan fingerprint density at radius 2 is 2.00 bits per heavy atom. The Kier molecular flexibility index (Phi) is 7.83. The van der Waals surface area contributed by atoms with E-state index >= 15 is 0 Å². The van der Waals surface area contributed by atoms with Gasteiger partial charge in [-0.2, -0.15) is 0 Å². The van der Waals surface area contributed by atoms with E-state index in [0.717, 1.165) is 12.8 Å². The van der Waals surface area contributed by atoms with E-state index in [-0.39, 0.29) is 6.61 Å². The van der Waals surface area contributed by atoms with Crippen molar-refractivity contribution in [3.63, 3.8) is 0 Å². The highest BCUT2D eigenvalue weighted by atomic mass is 16.5. The third kappa shape index (κ3) is 9.84. The molecule has 11 heavy (non-hydrogen) atoms. The van der Waals surface area contributed by atoms with Crippen LogP contribution in [0.2, 0.25) is 0 Å². The minimum absolute atomic E-state index is 0.0690. The van der Waals surface area contributed by atoms with Crippen molar-refractivity contribution in [3.05, 3.63) is 0 Å². The zero-order valence-electron chi connectivity index (χ0n) is 6.70. The lowest BCUT2D eigenvalue weighted by molar-refractivity contribution is 0.0864. The summed E-state index contributed by atoms with van der Waals surface area (Å²) < 4.78 is 4.99. The summed E-state index contributed by atoms with van der Waals surface area (Å²) in [5.74, 6) is 0. The van der Waals surface area contributed by atoms with E-state index in [1.165, 1.54) is 0 Å². The maximum absolute atomic E-state index is 8.65. The highest BCUT2D eigenvalue weighted by molar-refractivity contribution is 4.45. The largest absolute Gasteiger partial charge is 0.394 e. The highest BCUT2D eigenvalue weighted by Crippen LogP contribution is 1.96. The van der Waals surface area contributed by atoms with Crippen molar-refractivity contribution in [2.45, 2.75) is 25.5 Å². The molecule has 0 aromatic heterocycles. The molecule has 0 saturated heterocycles. The van der Waals surface area contributed by atoms with E-state index in [0.29, 0.717) is 19.6 Å². The number of nitrogens with two attached hydrogens (primary N) is 1. The first-order chi connectivity index (χ1) is 5.27. The van der Waals surface area contributed by atoms with E-state index in [9.17, 15) is 0 Å². The van der Waals surface area contributed by atoms with Gasteiger partial charge in [-0.1, -0.05) is 0 Å². The summed E-state index contributed by atoms with van der Waals surface area (Å²) in [7, 11) is 0. The molecule has 0 aliphatic carbocycles. The van der Waals surface area contributed by atoms with Crippen LogP contribution in [0.25, 0.3) is 0 Å². The van der Waals surface area contributed by atoms with Crippen LogP contribution >= 0.6 is 0 Å². The van der Waals surface area contributed by atoms with Gasteiger partial charge in [0, 0.05) is 6.61 Å². The zero-order chi connectivity index (χ0) is 8.53. The number of hydrogen-bond donors (Lipinski definition) is 3. The molecular formula is C7H17NO3. The van der Waals surface area contributed by atoms with Gasteiger partial charge >= 0.3 is 0 Å². The summed E-state index contributed by atoms with van der Waals surface area (Å²) in [5.41, 5.74) is 5.11. The number of rotatable bonds is 7. The van der Waals surface area contributed by atoms with Gasteiger partial charge in [-0.05, 0) is 19.3 Å². The van der Waals surface area contributed by atoms with Gasteiger partial charge in [0.25, 0.3) is 0 Å². The second-order valence-electron chi connectivity index (χ2n) is 2.40. The van der Waals surface area contributed by atoms with Gasteiger partial charge in [-0.15, -0.1) is 0 Å². The van der Waals surface area contributed by atoms with Crippen LogP contribution < -0.4 is 5.73 Å². The predicted molar refractivity (Wildman–Crippen MR) is 42.0 cm³/mol. The molecule has 0 saturated carbocycles. The van der Waals surface area contributed by atoms with Gasteiger partial charge < -0.3 is 20.7 Å². The molecule has 68 valence electrons. The lowest BCUT2D eigenvalue weighted by Crippen LogP contribution is -2.18. The molecule has 0 bridgehead atoms. The molecular weight excluding hydrogens is 146 g/mol. The third-order valence-electron chi connectivity index (χ3n) is 1.27. The van der Waals surface area contributed by atoms with Crippen LogP contribution in [0, 0.1) is 0 Å². The first-order valence-corrected chi connectivity index (χ1v) is 3.89. The summed E-state index contributed by atoms with van der Waals surface area (Å²) in [6, 6.07) is 0. The summed E-state index contributed by atoms with van der Waals surface area (Å²) >= 11 is 0. The van der Waals surface area contributed by atoms with Crippen molar-refractivity contribution in [1.82, 2.24) is 0 Å². The van der Waals surface area contributed by atoms with Crippen LogP contribution in [0.3, 0.4) is 0 Å². The van der Waals surface area contributed by atoms with Gasteiger partial charge in [0.2, 0.25) is 0 Å². The average molecular weight is 163 g/mol. The fourth-order valence-electron chi connectivity index (χ4n) is 0.724. The molecule has 0 aliphatic rings. The van der Waals surface area contributed by atoms with Gasteiger partial charge in [0.05, 0.1) is 13.2 Å². The third-order valence-corrected chi connectivity index (χ3v) is 1.27. The summed E-state index contributed by atoms with van der Waals surface area (Å²) in [4.78, 5) is 0. The van der Waals surface area contributed by atoms with Crippen LogP contribution in [-0.4, -0.2) is 36.3 Å². The molecule has 1 atom stereocenters. The van der Waals surface area contributed by atoms with E-state index in [1.807, 2.05) is 0 Å². The molecule has 4 heteroatoms. The SMILES string of the molecule is NC(O)CCCCOCCO. The zero-order valence-corrected chi connectivity index (χ0v) is 6.70. The van der Waals surface area contributed by atoms with E-state index in [2.05, 4.69) is 0 Å². The number of hydrogen-bond acceptors (Lipinski definition) is 4. The van der Waals surface area contributed by atoms with Crippen molar-refractivity contribution >= 4 is 0 Å². The number of ether oxygens (including phenoxy) is 1. The predicted octanol–water partition coefficient (Wildman–Crippen LogP) is -0.557. The maximum Gasteiger partial charge on any atom is 0.102 e. The van der Waals surface area contributed by atoms with Crippen LogP contribution in [0.4, 0.5) is 0 Å². The van der Waals surface area contributed by atoms with Crippen LogP contribution in [0.1, 0.15) is 19.3 Å². The molecule has 0 radical (unpaired) electrons. The summed E-state index contributed by atoms with van der Waals surface area (Å²) in [5, 5.41) is 17.0. The van der Waals surface area contributed by atoms with Crippen LogP contribution in [0.15, 0.2) is 0 Å². The van der Waals surface area contributed by atoms with Gasteiger partial charge in [-0.3, -0.25) is 0 Å². The van der Waals surface area contributed by atoms with Crippen molar-refractivity contribution in [1.29, 1.82) is 0 Å². The second kappa shape index (κ2) is 7.94. The second-order valence-corrected chi connectivity index (χ2v) is 2.40. The molecule has 1 unspecified atom stereocenters. The van der Waals surface area contributed by atoms with Gasteiger partial charge in [0.15, 0.2) is 0 Å². The molecule has 0 spiro atoms. The summed E-state index contributed by atoms with van der Waals surface area (Å²) in [6.07, 6.45) is 1.66. The average Bonchev–Trinajstić information content (AvgIpc) is 1.96. The smallest absolute Gasteiger partial charge is 0.102 e. The van der Waals surface area contributed by atoms with Crippen LogP contribution in [-0.2, 0) is 4.74 Å². The molecule has 0 heterocycles. The standard InChI is InChI=1S/C7H17NO3/c8-7(10)3-1-2-5-11-6-4-9/h7,9-10H,1-6,8H2. The Balaban J connectivity index is 2.80. The maximum atomic E-state index is 8.65. The Morgan fingerprint density at radius 1 is 1.27 bits per heavy atom. The number of aliphatic hydroxyl groups is 2. The Bertz CT molecular complexity index is 78.1. The first kappa shape index (κ1) is 10.8. The molecule has 0 aromatic carbocycles. The topological polar surface area (TPSA) is 75.7 Å². The Labute approximate surface area is 67.0 Å². The molecule has 0 aliphatic heterocycles. The molecule has 0 fully saturated rings.